The van der Waals surface area contributed by atoms with Gasteiger partial charge in [-0.3, -0.25) is 4.79 Å². The number of rotatable bonds is 2. The maximum atomic E-state index is 11.8. The summed E-state index contributed by atoms with van der Waals surface area (Å²) in [6, 6.07) is 2.08. The molecule has 0 aromatic rings. The molecule has 14 heavy (non-hydrogen) atoms. The van der Waals surface area contributed by atoms with Crippen LogP contribution in [0.2, 0.25) is 0 Å². The van der Waals surface area contributed by atoms with E-state index in [4.69, 9.17) is 5.26 Å². The predicted octanol–water partition coefficient (Wildman–Crippen LogP) is 1.84. The molecule has 1 N–H and O–H groups in total. The summed E-state index contributed by atoms with van der Waals surface area (Å²) in [6.07, 6.45) is 3.23. The van der Waals surface area contributed by atoms with Gasteiger partial charge in [0.25, 0.3) is 0 Å². The summed E-state index contributed by atoms with van der Waals surface area (Å²) in [5, 5.41) is 11.6. The first-order valence-electron chi connectivity index (χ1n) is 5.19. The lowest BCUT2D eigenvalue weighted by molar-refractivity contribution is -0.126. The maximum Gasteiger partial charge on any atom is 0.224 e. The van der Waals surface area contributed by atoms with Gasteiger partial charge in [0.15, 0.2) is 0 Å². The van der Waals surface area contributed by atoms with Crippen LogP contribution in [0.3, 0.4) is 0 Å². The minimum atomic E-state index is -0.737. The first-order valence-corrected chi connectivity index (χ1v) is 5.19. The van der Waals surface area contributed by atoms with Gasteiger partial charge in [0.1, 0.15) is 5.54 Å². The third-order valence-electron chi connectivity index (χ3n) is 2.91. The molecule has 0 heterocycles. The highest BCUT2D eigenvalue weighted by Crippen LogP contribution is 2.31. The second-order valence-corrected chi connectivity index (χ2v) is 4.74. The van der Waals surface area contributed by atoms with E-state index in [2.05, 4.69) is 18.3 Å². The number of hydrogen-bond donors (Lipinski definition) is 1. The molecule has 1 saturated carbocycles. The van der Waals surface area contributed by atoms with Crippen molar-refractivity contribution < 1.29 is 4.79 Å². The molecule has 0 aromatic carbocycles. The zero-order chi connectivity index (χ0) is 10.8. The molecule has 0 radical (unpaired) electrons. The van der Waals surface area contributed by atoms with Crippen LogP contribution in [-0.2, 0) is 4.79 Å². The molecule has 3 heteroatoms. The molecule has 3 nitrogen and oxygen atoms in total. The molecule has 1 aliphatic rings. The van der Waals surface area contributed by atoms with Crippen LogP contribution in [0.25, 0.3) is 0 Å². The SMILES string of the molecule is CC1CCCC1C(=O)NC(C)(C)C#N. The van der Waals surface area contributed by atoms with E-state index in [0.717, 1.165) is 19.3 Å². The fourth-order valence-corrected chi connectivity index (χ4v) is 1.96. The summed E-state index contributed by atoms with van der Waals surface area (Å²) < 4.78 is 0. The van der Waals surface area contributed by atoms with E-state index in [1.807, 2.05) is 0 Å². The number of amides is 1. The highest BCUT2D eigenvalue weighted by atomic mass is 16.2. The van der Waals surface area contributed by atoms with Gasteiger partial charge < -0.3 is 5.32 Å². The van der Waals surface area contributed by atoms with Gasteiger partial charge in [0.2, 0.25) is 5.91 Å². The first kappa shape index (κ1) is 11.0. The fourth-order valence-electron chi connectivity index (χ4n) is 1.96. The lowest BCUT2D eigenvalue weighted by Crippen LogP contribution is -2.45. The van der Waals surface area contributed by atoms with E-state index >= 15 is 0 Å². The van der Waals surface area contributed by atoms with E-state index < -0.39 is 5.54 Å². The largest absolute Gasteiger partial charge is 0.338 e. The quantitative estimate of drug-likeness (QED) is 0.729. The second kappa shape index (κ2) is 4.00. The smallest absolute Gasteiger partial charge is 0.224 e. The molecule has 2 atom stereocenters. The van der Waals surface area contributed by atoms with Crippen molar-refractivity contribution in [2.75, 3.05) is 0 Å². The van der Waals surface area contributed by atoms with E-state index in [0.29, 0.717) is 5.92 Å². The summed E-state index contributed by atoms with van der Waals surface area (Å²) in [5.74, 6) is 0.619. The fraction of sp³-hybridized carbons (Fsp3) is 0.818. The van der Waals surface area contributed by atoms with Crippen LogP contribution in [-0.4, -0.2) is 11.4 Å². The molecular formula is C11H18N2O. The van der Waals surface area contributed by atoms with Gasteiger partial charge in [0.05, 0.1) is 6.07 Å². The van der Waals surface area contributed by atoms with Gasteiger partial charge in [0, 0.05) is 5.92 Å². The minimum absolute atomic E-state index is 0.0431. The Hall–Kier alpha value is -1.04. The van der Waals surface area contributed by atoms with Crippen LogP contribution >= 0.6 is 0 Å². The number of carbonyl (C=O) groups excluding carboxylic acids is 1. The average molecular weight is 194 g/mol. The summed E-state index contributed by atoms with van der Waals surface area (Å²) in [7, 11) is 0. The number of nitriles is 1. The minimum Gasteiger partial charge on any atom is -0.338 e. The molecule has 1 aliphatic carbocycles. The highest BCUT2D eigenvalue weighted by Gasteiger charge is 2.32. The zero-order valence-electron chi connectivity index (χ0n) is 9.13. The Morgan fingerprint density at radius 3 is 2.57 bits per heavy atom. The molecule has 1 fully saturated rings. The lowest BCUT2D eigenvalue weighted by Gasteiger charge is -2.22. The molecule has 1 amide bonds. The van der Waals surface area contributed by atoms with Crippen molar-refractivity contribution in [2.24, 2.45) is 11.8 Å². The van der Waals surface area contributed by atoms with E-state index in [-0.39, 0.29) is 11.8 Å². The van der Waals surface area contributed by atoms with Gasteiger partial charge >= 0.3 is 0 Å². The molecule has 0 saturated heterocycles. The average Bonchev–Trinajstić information content (AvgIpc) is 2.51. The van der Waals surface area contributed by atoms with Crippen molar-refractivity contribution in [1.29, 1.82) is 5.26 Å². The summed E-state index contributed by atoms with van der Waals surface area (Å²) in [4.78, 5) is 11.8. The van der Waals surface area contributed by atoms with Gasteiger partial charge in [-0.15, -0.1) is 0 Å². The Morgan fingerprint density at radius 1 is 1.50 bits per heavy atom. The van der Waals surface area contributed by atoms with Crippen LogP contribution in [0.4, 0.5) is 0 Å². The molecule has 0 aromatic heterocycles. The Bertz CT molecular complexity index is 265. The van der Waals surface area contributed by atoms with Crippen molar-refractivity contribution in [3.8, 4) is 6.07 Å². The number of nitrogens with one attached hydrogen (secondary N) is 1. The van der Waals surface area contributed by atoms with Crippen molar-refractivity contribution in [3.63, 3.8) is 0 Å². The van der Waals surface area contributed by atoms with Crippen molar-refractivity contribution in [1.82, 2.24) is 5.32 Å². The van der Waals surface area contributed by atoms with Crippen LogP contribution in [0.5, 0.6) is 0 Å². The maximum absolute atomic E-state index is 11.8. The van der Waals surface area contributed by atoms with Gasteiger partial charge in [-0.2, -0.15) is 5.26 Å². The van der Waals surface area contributed by atoms with E-state index in [1.54, 1.807) is 13.8 Å². The Labute approximate surface area is 85.5 Å². The third kappa shape index (κ3) is 2.47. The summed E-state index contributed by atoms with van der Waals surface area (Å²) in [5.41, 5.74) is -0.737. The van der Waals surface area contributed by atoms with Crippen molar-refractivity contribution in [3.05, 3.63) is 0 Å². The standard InChI is InChI=1S/C11H18N2O/c1-8-5-4-6-9(8)10(14)13-11(2,3)7-12/h8-9H,4-6H2,1-3H3,(H,13,14). The van der Waals surface area contributed by atoms with Crippen LogP contribution in [0.1, 0.15) is 40.0 Å². The highest BCUT2D eigenvalue weighted by molar-refractivity contribution is 5.80. The van der Waals surface area contributed by atoms with Gasteiger partial charge in [-0.1, -0.05) is 13.3 Å². The zero-order valence-corrected chi connectivity index (χ0v) is 9.13. The topological polar surface area (TPSA) is 52.9 Å². The molecule has 0 spiro atoms. The molecular weight excluding hydrogens is 176 g/mol. The summed E-state index contributed by atoms with van der Waals surface area (Å²) >= 11 is 0. The van der Waals surface area contributed by atoms with E-state index in [1.165, 1.54) is 0 Å². The number of carbonyl (C=O) groups is 1. The number of nitrogens with zero attached hydrogens (tertiary/aromatic N) is 1. The monoisotopic (exact) mass is 194 g/mol. The second-order valence-electron chi connectivity index (χ2n) is 4.74. The van der Waals surface area contributed by atoms with Gasteiger partial charge in [-0.25, -0.2) is 0 Å². The van der Waals surface area contributed by atoms with Crippen LogP contribution in [0.15, 0.2) is 0 Å². The van der Waals surface area contributed by atoms with Crippen molar-refractivity contribution >= 4 is 5.91 Å². The Morgan fingerprint density at radius 2 is 2.14 bits per heavy atom. The Kier molecular flexibility index (Phi) is 3.15. The number of hydrogen-bond acceptors (Lipinski definition) is 2. The lowest BCUT2D eigenvalue weighted by atomic mass is 9.96. The summed E-state index contributed by atoms with van der Waals surface area (Å²) in [6.45, 7) is 5.56. The molecule has 78 valence electrons. The molecule has 1 rings (SSSR count). The van der Waals surface area contributed by atoms with Crippen LogP contribution in [0, 0.1) is 23.2 Å². The first-order chi connectivity index (χ1) is 6.46. The van der Waals surface area contributed by atoms with Crippen LogP contribution < -0.4 is 5.32 Å². The molecule has 2 unspecified atom stereocenters. The van der Waals surface area contributed by atoms with Crippen molar-refractivity contribution in [2.45, 2.75) is 45.6 Å². The molecule has 0 bridgehead atoms. The predicted molar refractivity (Wildman–Crippen MR) is 54.3 cm³/mol. The molecule has 0 aliphatic heterocycles. The Balaban J connectivity index is 2.55. The van der Waals surface area contributed by atoms with Gasteiger partial charge in [-0.05, 0) is 32.6 Å². The normalized spacial score (nSPS) is 27.0. The van der Waals surface area contributed by atoms with E-state index in [9.17, 15) is 4.79 Å². The third-order valence-corrected chi connectivity index (χ3v) is 2.91.